The third kappa shape index (κ3) is 2.97. The van der Waals surface area contributed by atoms with Crippen molar-refractivity contribution in [1.82, 2.24) is 29.8 Å². The number of amides is 1. The molecular weight excluding hydrogens is 348 g/mol. The Morgan fingerprint density at radius 1 is 1.38 bits per heavy atom. The summed E-state index contributed by atoms with van der Waals surface area (Å²) in [6.45, 7) is 5.55. The molecule has 0 spiro atoms. The molecule has 7 nitrogen and oxygen atoms in total. The van der Waals surface area contributed by atoms with E-state index in [0.29, 0.717) is 12.5 Å². The van der Waals surface area contributed by atoms with E-state index in [-0.39, 0.29) is 11.7 Å². The molecule has 0 saturated carbocycles. The van der Waals surface area contributed by atoms with Gasteiger partial charge in [0.15, 0.2) is 5.65 Å². The van der Waals surface area contributed by atoms with Crippen LogP contribution in [0.1, 0.15) is 40.2 Å². The van der Waals surface area contributed by atoms with Crippen LogP contribution < -0.4 is 5.32 Å². The molecule has 1 atom stereocenters. The second kappa shape index (κ2) is 6.59. The van der Waals surface area contributed by atoms with Gasteiger partial charge in [-0.1, -0.05) is 6.92 Å². The van der Waals surface area contributed by atoms with E-state index >= 15 is 0 Å². The molecule has 0 aliphatic heterocycles. The number of hydrogen-bond acceptors (Lipinski definition) is 6. The number of thiophene rings is 1. The average Bonchev–Trinajstić information content (AvgIpc) is 3.15. The summed E-state index contributed by atoms with van der Waals surface area (Å²) in [4.78, 5) is 26.2. The highest BCUT2D eigenvalue weighted by atomic mass is 32.1. The number of aryl methyl sites for hydroxylation is 2. The Kier molecular flexibility index (Phi) is 4.40. The van der Waals surface area contributed by atoms with E-state index in [9.17, 15) is 4.79 Å². The largest absolute Gasteiger partial charge is 0.348 e. The lowest BCUT2D eigenvalue weighted by atomic mass is 9.89. The molecule has 3 aromatic heterocycles. The van der Waals surface area contributed by atoms with Crippen molar-refractivity contribution in [3.63, 3.8) is 0 Å². The smallest absolute Gasteiger partial charge is 0.291 e. The van der Waals surface area contributed by atoms with E-state index in [0.717, 1.165) is 41.1 Å². The Balaban J connectivity index is 1.77. The van der Waals surface area contributed by atoms with Crippen LogP contribution in [0.2, 0.25) is 0 Å². The van der Waals surface area contributed by atoms with E-state index < -0.39 is 0 Å². The fourth-order valence-corrected chi connectivity index (χ4v) is 4.77. The van der Waals surface area contributed by atoms with Crippen LogP contribution in [0.4, 0.5) is 0 Å². The number of aromatic nitrogens is 4. The average molecular weight is 372 g/mol. The number of nitrogens with one attached hydrogen (secondary N) is 1. The minimum atomic E-state index is -0.236. The molecule has 0 saturated heterocycles. The first kappa shape index (κ1) is 17.4. The summed E-state index contributed by atoms with van der Waals surface area (Å²) in [5.41, 5.74) is 2.12. The molecule has 1 amide bonds. The standard InChI is InChI=1S/C18H24N6OS/c1-10-5-6-13-12(9-10)14-16-21-15(17(25)19-7-8-23(3)4)22-24(16)11(2)20-18(14)26-13/h10H,5-9H2,1-4H3,(H,19,25)/t10-/m0/s1. The Labute approximate surface area is 156 Å². The van der Waals surface area contributed by atoms with Crippen LogP contribution in [0, 0.1) is 12.8 Å². The Hall–Kier alpha value is -2.06. The molecule has 1 aliphatic rings. The van der Waals surface area contributed by atoms with Crippen LogP contribution in [-0.4, -0.2) is 57.6 Å². The highest BCUT2D eigenvalue weighted by Crippen LogP contribution is 2.38. The summed E-state index contributed by atoms with van der Waals surface area (Å²) in [5, 5.41) is 8.40. The number of nitrogens with zero attached hydrogens (tertiary/aromatic N) is 5. The summed E-state index contributed by atoms with van der Waals surface area (Å²) in [6, 6.07) is 0. The van der Waals surface area contributed by atoms with Crippen LogP contribution in [0.5, 0.6) is 0 Å². The van der Waals surface area contributed by atoms with Crippen molar-refractivity contribution in [2.45, 2.75) is 33.1 Å². The summed E-state index contributed by atoms with van der Waals surface area (Å²) in [5.74, 6) is 1.41. The molecule has 0 fully saturated rings. The van der Waals surface area contributed by atoms with Crippen molar-refractivity contribution in [2.75, 3.05) is 27.2 Å². The molecule has 0 radical (unpaired) electrons. The number of likely N-dealkylation sites (N-methyl/N-ethyl adjacent to an activating group) is 1. The predicted molar refractivity (Wildman–Crippen MR) is 103 cm³/mol. The third-order valence-electron chi connectivity index (χ3n) is 4.94. The number of fused-ring (bicyclic) bond motifs is 5. The summed E-state index contributed by atoms with van der Waals surface area (Å²) in [6.07, 6.45) is 3.38. The summed E-state index contributed by atoms with van der Waals surface area (Å²) >= 11 is 1.77. The minimum absolute atomic E-state index is 0.213. The van der Waals surface area contributed by atoms with Gasteiger partial charge in [0.25, 0.3) is 5.91 Å². The Morgan fingerprint density at radius 2 is 2.19 bits per heavy atom. The van der Waals surface area contributed by atoms with Crippen molar-refractivity contribution < 1.29 is 4.79 Å². The second-order valence-electron chi connectivity index (χ2n) is 7.42. The SMILES string of the molecule is Cc1nc2sc3c(c2c2nc(C(=O)NCCN(C)C)nn12)C[C@@H](C)CC3. The molecule has 1 aliphatic carbocycles. The van der Waals surface area contributed by atoms with Gasteiger partial charge in [-0.3, -0.25) is 4.79 Å². The highest BCUT2D eigenvalue weighted by Gasteiger charge is 2.25. The first-order valence-corrected chi connectivity index (χ1v) is 9.86. The van der Waals surface area contributed by atoms with E-state index in [1.807, 2.05) is 25.9 Å². The van der Waals surface area contributed by atoms with Crippen LogP contribution in [-0.2, 0) is 12.8 Å². The van der Waals surface area contributed by atoms with Crippen LogP contribution in [0.25, 0.3) is 15.9 Å². The normalized spacial score (nSPS) is 17.2. The van der Waals surface area contributed by atoms with Crippen molar-refractivity contribution >= 4 is 33.1 Å². The molecule has 1 N–H and O–H groups in total. The molecule has 3 aromatic rings. The molecular formula is C18H24N6OS. The maximum absolute atomic E-state index is 12.4. The summed E-state index contributed by atoms with van der Waals surface area (Å²) in [7, 11) is 3.95. The zero-order chi connectivity index (χ0) is 18.4. The third-order valence-corrected chi connectivity index (χ3v) is 6.12. The van der Waals surface area contributed by atoms with Gasteiger partial charge in [-0.2, -0.15) is 4.52 Å². The first-order valence-electron chi connectivity index (χ1n) is 9.04. The van der Waals surface area contributed by atoms with Gasteiger partial charge in [-0.05, 0) is 51.8 Å². The molecule has 26 heavy (non-hydrogen) atoms. The molecule has 0 unspecified atom stereocenters. The van der Waals surface area contributed by atoms with Gasteiger partial charge in [-0.15, -0.1) is 16.4 Å². The van der Waals surface area contributed by atoms with Gasteiger partial charge >= 0.3 is 0 Å². The topological polar surface area (TPSA) is 75.4 Å². The molecule has 4 rings (SSSR count). The van der Waals surface area contributed by atoms with E-state index in [4.69, 9.17) is 4.98 Å². The first-order chi connectivity index (χ1) is 12.4. The fraction of sp³-hybridized carbons (Fsp3) is 0.556. The minimum Gasteiger partial charge on any atom is -0.348 e. The fourth-order valence-electron chi connectivity index (χ4n) is 3.52. The zero-order valence-electron chi connectivity index (χ0n) is 15.7. The van der Waals surface area contributed by atoms with Gasteiger partial charge < -0.3 is 10.2 Å². The predicted octanol–water partition coefficient (Wildman–Crippen LogP) is 2.06. The quantitative estimate of drug-likeness (QED) is 0.759. The Morgan fingerprint density at radius 3 is 2.96 bits per heavy atom. The van der Waals surface area contributed by atoms with E-state index in [1.165, 1.54) is 16.9 Å². The van der Waals surface area contributed by atoms with Crippen LogP contribution in [0.3, 0.4) is 0 Å². The monoisotopic (exact) mass is 372 g/mol. The highest BCUT2D eigenvalue weighted by molar-refractivity contribution is 7.19. The van der Waals surface area contributed by atoms with Crippen LogP contribution in [0.15, 0.2) is 0 Å². The van der Waals surface area contributed by atoms with Crippen LogP contribution >= 0.6 is 11.3 Å². The molecule has 0 bridgehead atoms. The molecule has 0 aromatic carbocycles. The lowest BCUT2D eigenvalue weighted by Crippen LogP contribution is -2.32. The number of rotatable bonds is 4. The number of hydrogen-bond donors (Lipinski definition) is 1. The van der Waals surface area contributed by atoms with Gasteiger partial charge in [-0.25, -0.2) is 9.97 Å². The lowest BCUT2D eigenvalue weighted by molar-refractivity contribution is 0.0941. The van der Waals surface area contributed by atoms with Gasteiger partial charge in [0.1, 0.15) is 10.7 Å². The maximum atomic E-state index is 12.4. The molecule has 3 heterocycles. The van der Waals surface area contributed by atoms with Gasteiger partial charge in [0, 0.05) is 18.0 Å². The maximum Gasteiger partial charge on any atom is 0.291 e. The lowest BCUT2D eigenvalue weighted by Gasteiger charge is -2.17. The number of carbonyl (C=O) groups excluding carboxylic acids is 1. The second-order valence-corrected chi connectivity index (χ2v) is 8.50. The number of carbonyl (C=O) groups is 1. The molecule has 138 valence electrons. The van der Waals surface area contributed by atoms with Crippen molar-refractivity contribution in [2.24, 2.45) is 5.92 Å². The van der Waals surface area contributed by atoms with Gasteiger partial charge in [0.2, 0.25) is 5.82 Å². The van der Waals surface area contributed by atoms with E-state index in [2.05, 4.69) is 22.3 Å². The van der Waals surface area contributed by atoms with Gasteiger partial charge in [0.05, 0.1) is 5.39 Å². The van der Waals surface area contributed by atoms with E-state index in [1.54, 1.807) is 15.9 Å². The Bertz CT molecular complexity index is 989. The molecule has 8 heteroatoms. The van der Waals surface area contributed by atoms with Crippen molar-refractivity contribution in [1.29, 1.82) is 0 Å². The summed E-state index contributed by atoms with van der Waals surface area (Å²) < 4.78 is 1.72. The van der Waals surface area contributed by atoms with Crippen molar-refractivity contribution in [3.05, 3.63) is 22.1 Å². The zero-order valence-corrected chi connectivity index (χ0v) is 16.5. The van der Waals surface area contributed by atoms with Crippen molar-refractivity contribution in [3.8, 4) is 0 Å².